The number of aryl methyl sites for hydroxylation is 1. The van der Waals surface area contributed by atoms with E-state index in [4.69, 9.17) is 9.47 Å². The second-order valence-electron chi connectivity index (χ2n) is 15.2. The number of morpholine rings is 1. The summed E-state index contributed by atoms with van der Waals surface area (Å²) in [4.78, 5) is 55.7. The molecule has 1 amide bonds. The molecule has 5 aromatic heterocycles. The Kier molecular flexibility index (Phi) is 12.2. The van der Waals surface area contributed by atoms with Crippen LogP contribution in [0.5, 0.6) is 0 Å². The molecule has 324 valence electrons. The molecule has 8 heterocycles. The number of anilines is 1. The molecular formula is C39H35BrF5N5O7S4. The number of benzene rings is 1. The van der Waals surface area contributed by atoms with Crippen molar-refractivity contribution in [1.82, 2.24) is 14.1 Å². The lowest BCUT2D eigenvalue weighted by atomic mass is 9.95. The summed E-state index contributed by atoms with van der Waals surface area (Å²) in [5.74, 6) is -4.70. The van der Waals surface area contributed by atoms with Crippen LogP contribution in [-0.4, -0.2) is 80.1 Å². The van der Waals surface area contributed by atoms with Gasteiger partial charge in [-0.1, -0.05) is 12.1 Å². The van der Waals surface area contributed by atoms with Crippen molar-refractivity contribution in [3.8, 4) is 11.3 Å². The number of ether oxygens (including phenoxy) is 2. The van der Waals surface area contributed by atoms with Gasteiger partial charge >= 0.3 is 17.8 Å². The van der Waals surface area contributed by atoms with Gasteiger partial charge in [0, 0.05) is 37.9 Å². The summed E-state index contributed by atoms with van der Waals surface area (Å²) >= 11 is 4.70. The maximum absolute atomic E-state index is 14.4. The third kappa shape index (κ3) is 7.93. The molecule has 3 fully saturated rings. The van der Waals surface area contributed by atoms with E-state index in [2.05, 4.69) is 24.4 Å². The number of likely N-dealkylation sites (N-methyl/N-ethyl adjacent to an activating group) is 1. The number of aliphatic hydroxyl groups is 1. The quantitative estimate of drug-likeness (QED) is 0.103. The molecule has 0 saturated carbocycles. The number of quaternary nitrogens is 1. The number of halogens is 6. The second kappa shape index (κ2) is 16.5. The van der Waals surface area contributed by atoms with Crippen LogP contribution >= 0.6 is 45.3 Å². The molecule has 3 aliphatic rings. The number of epoxide rings is 1. The number of amides is 1. The minimum Gasteiger partial charge on any atom is -1.00 e. The van der Waals surface area contributed by atoms with Crippen molar-refractivity contribution in [3.63, 3.8) is 0 Å². The first-order valence-corrected chi connectivity index (χ1v) is 21.8. The van der Waals surface area contributed by atoms with E-state index < -0.39 is 57.7 Å². The van der Waals surface area contributed by atoms with Crippen molar-refractivity contribution in [3.05, 3.63) is 111 Å². The van der Waals surface area contributed by atoms with Crippen molar-refractivity contribution in [2.75, 3.05) is 19.4 Å². The number of hydrogen-bond acceptors (Lipinski definition) is 12. The fraction of sp³-hybridized carbons (Fsp3) is 0.359. The number of aromatic nitrogens is 3. The molecule has 0 spiro atoms. The van der Waals surface area contributed by atoms with Gasteiger partial charge in [-0.25, -0.2) is 23.4 Å². The highest BCUT2D eigenvalue weighted by Crippen LogP contribution is 2.52. The zero-order valence-corrected chi connectivity index (χ0v) is 37.2. The third-order valence-corrected chi connectivity index (χ3v) is 15.2. The molecule has 2 bridgehead atoms. The van der Waals surface area contributed by atoms with E-state index in [-0.39, 0.29) is 45.7 Å². The van der Waals surface area contributed by atoms with Crippen molar-refractivity contribution in [1.29, 1.82) is 0 Å². The number of rotatable bonds is 8. The van der Waals surface area contributed by atoms with Crippen molar-refractivity contribution < 1.29 is 67.6 Å². The molecule has 1 unspecified atom stereocenters. The van der Waals surface area contributed by atoms with Gasteiger partial charge in [-0.3, -0.25) is 18.7 Å². The first-order valence-electron chi connectivity index (χ1n) is 18.3. The molecule has 2 N–H and O–H groups in total. The van der Waals surface area contributed by atoms with Gasteiger partial charge in [0.2, 0.25) is 11.5 Å². The number of nitrogens with one attached hydrogen (secondary N) is 1. The Hall–Kier alpha value is -4.16. The molecule has 22 heteroatoms. The number of piperidine rings is 1. The maximum Gasteiger partial charge on any atom is 0.422 e. The highest BCUT2D eigenvalue weighted by molar-refractivity contribution is 7.17. The maximum atomic E-state index is 14.4. The van der Waals surface area contributed by atoms with Gasteiger partial charge < -0.3 is 41.4 Å². The number of carbonyl (C=O) groups is 2. The first kappa shape index (κ1) is 44.9. The molecule has 3 saturated heterocycles. The minimum atomic E-state index is -5.24. The van der Waals surface area contributed by atoms with Gasteiger partial charge in [0.1, 0.15) is 52.4 Å². The number of fused-ring (bicyclic) bond motifs is 6. The van der Waals surface area contributed by atoms with Gasteiger partial charge in [0.15, 0.2) is 5.13 Å². The number of esters is 1. The molecule has 0 aliphatic carbocycles. The third-order valence-electron chi connectivity index (χ3n) is 11.4. The average molecular weight is 989 g/mol. The molecule has 3 aliphatic heterocycles. The summed E-state index contributed by atoms with van der Waals surface area (Å²) in [6, 6.07) is 9.33. The summed E-state index contributed by atoms with van der Waals surface area (Å²) in [5, 5.41) is 20.5. The monoisotopic (exact) mass is 987 g/mol. The second-order valence-corrected chi connectivity index (χ2v) is 18.8. The van der Waals surface area contributed by atoms with Crippen LogP contribution < -0.4 is 33.5 Å². The largest absolute Gasteiger partial charge is 1.00 e. The highest BCUT2D eigenvalue weighted by Gasteiger charge is 2.71. The summed E-state index contributed by atoms with van der Waals surface area (Å²) in [6.07, 6.45) is -3.43. The van der Waals surface area contributed by atoms with Crippen molar-refractivity contribution in [2.45, 2.75) is 61.4 Å². The molecule has 6 aromatic rings. The van der Waals surface area contributed by atoms with Crippen LogP contribution in [0.3, 0.4) is 0 Å². The van der Waals surface area contributed by atoms with Gasteiger partial charge in [-0.2, -0.15) is 13.2 Å². The summed E-state index contributed by atoms with van der Waals surface area (Å²) in [5.41, 5.74) is -5.21. The lowest BCUT2D eigenvalue weighted by molar-refractivity contribution is -0.938. The Labute approximate surface area is 369 Å². The van der Waals surface area contributed by atoms with Crippen LogP contribution in [0.4, 0.5) is 27.1 Å². The van der Waals surface area contributed by atoms with Crippen LogP contribution in [0, 0.1) is 11.6 Å². The van der Waals surface area contributed by atoms with E-state index in [0.717, 1.165) is 50.6 Å². The Morgan fingerprint density at radius 3 is 2.15 bits per heavy atom. The van der Waals surface area contributed by atoms with Crippen LogP contribution in [0.25, 0.3) is 21.5 Å². The van der Waals surface area contributed by atoms with E-state index in [0.29, 0.717) is 50.5 Å². The molecule has 0 radical (unpaired) electrons. The predicted octanol–water partition coefficient (Wildman–Crippen LogP) is 3.25. The van der Waals surface area contributed by atoms with Gasteiger partial charge in [-0.15, -0.1) is 45.3 Å². The van der Waals surface area contributed by atoms with Crippen molar-refractivity contribution >= 4 is 72.6 Å². The lowest BCUT2D eigenvalue weighted by Gasteiger charge is -2.45. The zero-order valence-electron chi connectivity index (χ0n) is 32.4. The van der Waals surface area contributed by atoms with Crippen molar-refractivity contribution in [2.24, 2.45) is 14.1 Å². The Morgan fingerprint density at radius 2 is 1.57 bits per heavy atom. The van der Waals surface area contributed by atoms with Gasteiger partial charge in [-0.05, 0) is 46.0 Å². The first-order chi connectivity index (χ1) is 28.3. The summed E-state index contributed by atoms with van der Waals surface area (Å²) < 4.78 is 81.7. The Bertz CT molecular complexity index is 2700. The fourth-order valence-corrected chi connectivity index (χ4v) is 11.7. The fourth-order valence-electron chi connectivity index (χ4n) is 8.19. The lowest BCUT2D eigenvalue weighted by Crippen LogP contribution is -3.00. The van der Waals surface area contributed by atoms with Crippen LogP contribution in [-0.2, 0) is 51.4 Å². The molecule has 12 nitrogen and oxygen atoms in total. The van der Waals surface area contributed by atoms with E-state index in [1.807, 2.05) is 22.9 Å². The van der Waals surface area contributed by atoms with Crippen LogP contribution in [0.2, 0.25) is 0 Å². The summed E-state index contributed by atoms with van der Waals surface area (Å²) in [7, 11) is 7.31. The molecule has 1 aromatic carbocycles. The number of carbonyl (C=O) groups excluding carboxylic acids is 2. The topological polar surface area (TPSA) is 145 Å². The van der Waals surface area contributed by atoms with E-state index in [9.17, 15) is 46.2 Å². The molecule has 9 rings (SSSR count). The van der Waals surface area contributed by atoms with Gasteiger partial charge in [0.25, 0.3) is 5.56 Å². The SMILES string of the molecule is C[N+]1(C)[C@@H]2CC(OC(=O)C(O)(c3cccs3)c3cccs3)C[C@H]1[C@@H]1O[C@@H]12.Cn1c(=O)c2c(CC(=O)Nc3nc(-c4ccc(F)c(C(F)(F)F)c4F)cs3)csc2n(C)c1=O.[Br-]. The Morgan fingerprint density at radius 1 is 0.951 bits per heavy atom. The molecule has 5 atom stereocenters. The van der Waals surface area contributed by atoms with E-state index >= 15 is 0 Å². The van der Waals surface area contributed by atoms with Crippen LogP contribution in [0.1, 0.15) is 33.7 Å². The van der Waals surface area contributed by atoms with Crippen LogP contribution in [0.15, 0.2) is 67.5 Å². The normalized spacial score (nSPS) is 21.2. The minimum absolute atomic E-state index is 0. The standard InChI is InChI=1S/C20H13F5N4O3S2.C19H22NO4S2.BrH/c1-28-16(31)13-8(6-33-17(13)29(2)19(28)32)5-12(30)27-18-26-11(7-34-18)9-3-4-10(21)14(15(9)22)20(23,24)25;1-20(2)12-9-11(10-13(20)17-16(12)24-17)23-18(21)19(22,14-5-3-7-25-14)15-6-4-8-26-15;/h3-4,6-7H,5H2,1-2H3,(H,26,27,30);3-8,11-13,16-17,22H,9-10H2,1-2H3;1H/q;+1;/p-1/t;11?,12-,13+,16-,17+;. The molecule has 61 heavy (non-hydrogen) atoms. The molecular weight excluding hydrogens is 954 g/mol. The zero-order chi connectivity index (χ0) is 43.1. The number of hydrogen-bond donors (Lipinski definition) is 2. The average Bonchev–Trinajstić information content (AvgIpc) is 3.79. The van der Waals surface area contributed by atoms with E-state index in [1.165, 1.54) is 46.7 Å². The smallest absolute Gasteiger partial charge is 0.422 e. The number of alkyl halides is 3. The number of thiazole rings is 1. The predicted molar refractivity (Wildman–Crippen MR) is 216 cm³/mol. The highest BCUT2D eigenvalue weighted by atomic mass is 79.9. The van der Waals surface area contributed by atoms with Gasteiger partial charge in [0.05, 0.1) is 41.4 Å². The number of thiophene rings is 3. The van der Waals surface area contributed by atoms with E-state index in [1.54, 1.807) is 17.5 Å². The number of nitrogens with zero attached hydrogens (tertiary/aromatic N) is 4. The Balaban J connectivity index is 0.000000187. The summed E-state index contributed by atoms with van der Waals surface area (Å²) in [6.45, 7) is 0.